The number of rotatable bonds is 7. The summed E-state index contributed by atoms with van der Waals surface area (Å²) in [6.45, 7) is 5.19. The van der Waals surface area contributed by atoms with Crippen LogP contribution in [-0.4, -0.2) is 66.0 Å². The fraction of sp³-hybridized carbons (Fsp3) is 0.421. The highest BCUT2D eigenvalue weighted by Gasteiger charge is 2.21. The number of hydrogen-bond donors (Lipinski definition) is 2. The van der Waals surface area contributed by atoms with Crippen LogP contribution in [0.25, 0.3) is 0 Å². The molecule has 150 valence electrons. The maximum absolute atomic E-state index is 13.6. The van der Waals surface area contributed by atoms with E-state index < -0.39 is 0 Å². The summed E-state index contributed by atoms with van der Waals surface area (Å²) in [4.78, 5) is 28.2. The number of piperazine rings is 1. The molecule has 2 N–H and O–H groups in total. The number of anilines is 1. The molecule has 2 heterocycles. The van der Waals surface area contributed by atoms with Gasteiger partial charge in [-0.05, 0) is 13.0 Å². The van der Waals surface area contributed by atoms with E-state index >= 15 is 0 Å². The Kier molecular flexibility index (Phi) is 6.72. The smallest absolute Gasteiger partial charge is 0.239 e. The van der Waals surface area contributed by atoms with Crippen LogP contribution in [0.5, 0.6) is 0 Å². The number of nitrogens with one attached hydrogen (secondary N) is 2. The molecule has 1 aromatic heterocycles. The summed E-state index contributed by atoms with van der Waals surface area (Å²) in [6, 6.07) is 8.05. The van der Waals surface area contributed by atoms with Gasteiger partial charge in [-0.15, -0.1) is 0 Å². The molecule has 0 unspecified atom stereocenters. The molecule has 28 heavy (non-hydrogen) atoms. The molecule has 1 fully saturated rings. The summed E-state index contributed by atoms with van der Waals surface area (Å²) in [6.07, 6.45) is 0. The predicted octanol–water partition coefficient (Wildman–Crippen LogP) is 0.995. The number of amides is 2. The Hall–Kier alpha value is -2.78. The highest BCUT2D eigenvalue weighted by Crippen LogP contribution is 2.08. The summed E-state index contributed by atoms with van der Waals surface area (Å²) in [5.74, 6) is 0.431. The third kappa shape index (κ3) is 5.86. The van der Waals surface area contributed by atoms with Crippen molar-refractivity contribution in [2.45, 2.75) is 13.5 Å². The van der Waals surface area contributed by atoms with Crippen LogP contribution in [0.3, 0.4) is 0 Å². The highest BCUT2D eigenvalue weighted by molar-refractivity contribution is 5.91. The minimum atomic E-state index is -0.324. The van der Waals surface area contributed by atoms with Crippen LogP contribution >= 0.6 is 0 Å². The summed E-state index contributed by atoms with van der Waals surface area (Å²) in [7, 11) is 0. The second kappa shape index (κ2) is 9.43. The number of nitrogens with zero attached hydrogens (tertiary/aromatic N) is 3. The Balaban J connectivity index is 1.35. The van der Waals surface area contributed by atoms with Crippen LogP contribution < -0.4 is 10.6 Å². The maximum Gasteiger partial charge on any atom is 0.239 e. The average molecular weight is 389 g/mol. The monoisotopic (exact) mass is 389 g/mol. The zero-order valence-corrected chi connectivity index (χ0v) is 15.8. The van der Waals surface area contributed by atoms with Crippen LogP contribution in [0.1, 0.15) is 11.3 Å². The molecule has 8 nitrogen and oxygen atoms in total. The first-order chi connectivity index (χ1) is 13.5. The molecule has 9 heteroatoms. The lowest BCUT2D eigenvalue weighted by atomic mass is 10.2. The molecule has 1 saturated heterocycles. The number of carbonyl (C=O) groups is 2. The molecule has 2 amide bonds. The Morgan fingerprint density at radius 3 is 2.36 bits per heavy atom. The van der Waals surface area contributed by atoms with Crippen molar-refractivity contribution in [1.82, 2.24) is 20.3 Å². The Morgan fingerprint density at radius 2 is 1.75 bits per heavy atom. The summed E-state index contributed by atoms with van der Waals surface area (Å²) >= 11 is 0. The lowest BCUT2D eigenvalue weighted by Crippen LogP contribution is -2.50. The Bertz CT molecular complexity index is 817. The second-order valence-electron chi connectivity index (χ2n) is 6.79. The van der Waals surface area contributed by atoms with Crippen LogP contribution in [0, 0.1) is 12.7 Å². The number of halogens is 1. The van der Waals surface area contributed by atoms with Gasteiger partial charge in [0.05, 0.1) is 13.1 Å². The fourth-order valence-electron chi connectivity index (χ4n) is 3.01. The van der Waals surface area contributed by atoms with Gasteiger partial charge in [0.15, 0.2) is 5.82 Å². The van der Waals surface area contributed by atoms with E-state index in [0.29, 0.717) is 43.3 Å². The molecule has 0 radical (unpaired) electrons. The first kappa shape index (κ1) is 20.0. The lowest BCUT2D eigenvalue weighted by molar-refractivity contribution is -0.123. The van der Waals surface area contributed by atoms with Crippen molar-refractivity contribution in [2.24, 2.45) is 0 Å². The van der Waals surface area contributed by atoms with E-state index in [1.807, 2.05) is 9.80 Å². The molecule has 0 atom stereocenters. The minimum absolute atomic E-state index is 0.143. The van der Waals surface area contributed by atoms with Crippen molar-refractivity contribution >= 4 is 17.6 Å². The van der Waals surface area contributed by atoms with E-state index in [4.69, 9.17) is 4.52 Å². The number of benzene rings is 1. The number of hydrogen-bond acceptors (Lipinski definition) is 6. The topological polar surface area (TPSA) is 90.7 Å². The zero-order valence-electron chi connectivity index (χ0n) is 15.8. The summed E-state index contributed by atoms with van der Waals surface area (Å²) in [5.41, 5.74) is 0.467. The molecule has 1 aliphatic rings. The van der Waals surface area contributed by atoms with Crippen molar-refractivity contribution in [3.8, 4) is 0 Å². The first-order valence-corrected chi connectivity index (χ1v) is 9.17. The molecule has 0 bridgehead atoms. The van der Waals surface area contributed by atoms with E-state index in [9.17, 15) is 14.0 Å². The highest BCUT2D eigenvalue weighted by atomic mass is 19.1. The van der Waals surface area contributed by atoms with Gasteiger partial charge >= 0.3 is 0 Å². The van der Waals surface area contributed by atoms with Gasteiger partial charge < -0.3 is 15.2 Å². The van der Waals surface area contributed by atoms with Crippen LogP contribution in [0.15, 0.2) is 34.9 Å². The number of aromatic nitrogens is 1. The van der Waals surface area contributed by atoms with Gasteiger partial charge in [-0.2, -0.15) is 0 Å². The second-order valence-corrected chi connectivity index (χ2v) is 6.79. The quantitative estimate of drug-likeness (QED) is 0.734. The largest absolute Gasteiger partial charge is 0.360 e. The maximum atomic E-state index is 13.6. The third-order valence-electron chi connectivity index (χ3n) is 4.53. The molecule has 0 spiro atoms. The lowest BCUT2D eigenvalue weighted by Gasteiger charge is -2.33. The van der Waals surface area contributed by atoms with Gasteiger partial charge in [0.2, 0.25) is 11.8 Å². The van der Waals surface area contributed by atoms with Crippen molar-refractivity contribution in [3.63, 3.8) is 0 Å². The van der Waals surface area contributed by atoms with Crippen LogP contribution in [-0.2, 0) is 16.1 Å². The summed E-state index contributed by atoms with van der Waals surface area (Å²) in [5, 5.41) is 9.18. The normalized spacial score (nSPS) is 15.4. The summed E-state index contributed by atoms with van der Waals surface area (Å²) < 4.78 is 18.5. The molecule has 0 saturated carbocycles. The molecule has 2 aromatic rings. The van der Waals surface area contributed by atoms with Crippen molar-refractivity contribution < 1.29 is 18.5 Å². The van der Waals surface area contributed by atoms with Crippen LogP contribution in [0.2, 0.25) is 0 Å². The minimum Gasteiger partial charge on any atom is -0.360 e. The van der Waals surface area contributed by atoms with E-state index in [2.05, 4.69) is 15.8 Å². The molecular weight excluding hydrogens is 365 g/mol. The molecule has 1 aromatic carbocycles. The Morgan fingerprint density at radius 1 is 1.11 bits per heavy atom. The van der Waals surface area contributed by atoms with Crippen molar-refractivity contribution in [2.75, 3.05) is 44.6 Å². The van der Waals surface area contributed by atoms with E-state index in [1.165, 1.54) is 6.07 Å². The fourth-order valence-corrected chi connectivity index (χ4v) is 3.01. The molecule has 3 rings (SSSR count). The van der Waals surface area contributed by atoms with Crippen LogP contribution in [0.4, 0.5) is 10.2 Å². The zero-order chi connectivity index (χ0) is 19.9. The van der Waals surface area contributed by atoms with Gasteiger partial charge in [0, 0.05) is 44.4 Å². The van der Waals surface area contributed by atoms with Crippen molar-refractivity contribution in [1.29, 1.82) is 0 Å². The Labute approximate surface area is 162 Å². The van der Waals surface area contributed by atoms with E-state index in [-0.39, 0.29) is 37.3 Å². The van der Waals surface area contributed by atoms with Crippen molar-refractivity contribution in [3.05, 3.63) is 47.5 Å². The molecular formula is C19H24FN5O3. The molecule has 0 aliphatic carbocycles. The van der Waals surface area contributed by atoms with Gasteiger partial charge in [-0.25, -0.2) is 4.39 Å². The predicted molar refractivity (Wildman–Crippen MR) is 101 cm³/mol. The first-order valence-electron chi connectivity index (χ1n) is 9.17. The average Bonchev–Trinajstić information content (AvgIpc) is 3.07. The third-order valence-corrected chi connectivity index (χ3v) is 4.53. The van der Waals surface area contributed by atoms with Gasteiger partial charge in [0.25, 0.3) is 0 Å². The number of carbonyl (C=O) groups excluding carboxylic acids is 2. The van der Waals surface area contributed by atoms with Gasteiger partial charge in [-0.1, -0.05) is 23.4 Å². The molecule has 1 aliphatic heterocycles. The van der Waals surface area contributed by atoms with E-state index in [0.717, 1.165) is 0 Å². The SMILES string of the molecule is Cc1cc(NC(=O)CN2CCN(CC(=O)NCc3ccccc3F)CC2)no1. The van der Waals surface area contributed by atoms with E-state index in [1.54, 1.807) is 31.2 Å². The van der Waals surface area contributed by atoms with Gasteiger partial charge in [-0.3, -0.25) is 19.4 Å². The van der Waals surface area contributed by atoms with Gasteiger partial charge in [0.1, 0.15) is 11.6 Å². The number of aryl methyl sites for hydroxylation is 1. The standard InChI is InChI=1S/C19H24FN5O3/c1-14-10-17(23-28-14)22-19(27)13-25-8-6-24(7-9-25)12-18(26)21-11-15-4-2-3-5-16(15)20/h2-5,10H,6-9,11-13H2,1H3,(H,21,26)(H,22,23,27).